The SMILES string of the molecule is CCN(CC)c1nc(Nc2ccccc2)c2cnn(C)c2n1. The van der Waals surface area contributed by atoms with Crippen LogP contribution in [0.4, 0.5) is 17.5 Å². The van der Waals surface area contributed by atoms with Gasteiger partial charge in [-0.25, -0.2) is 0 Å². The van der Waals surface area contributed by atoms with Gasteiger partial charge in [-0.2, -0.15) is 15.1 Å². The van der Waals surface area contributed by atoms with E-state index < -0.39 is 0 Å². The lowest BCUT2D eigenvalue weighted by molar-refractivity contribution is 0.776. The first-order valence-electron chi connectivity index (χ1n) is 7.49. The number of nitrogens with one attached hydrogen (secondary N) is 1. The van der Waals surface area contributed by atoms with E-state index in [-0.39, 0.29) is 0 Å². The number of benzene rings is 1. The minimum absolute atomic E-state index is 0.722. The number of aryl methyl sites for hydroxylation is 1. The highest BCUT2D eigenvalue weighted by atomic mass is 15.3. The molecule has 22 heavy (non-hydrogen) atoms. The summed E-state index contributed by atoms with van der Waals surface area (Å²) in [5.74, 6) is 1.51. The predicted octanol–water partition coefficient (Wildman–Crippen LogP) is 2.95. The highest BCUT2D eigenvalue weighted by Crippen LogP contribution is 2.25. The lowest BCUT2D eigenvalue weighted by Crippen LogP contribution is -2.24. The fourth-order valence-corrected chi connectivity index (χ4v) is 2.41. The highest BCUT2D eigenvalue weighted by Gasteiger charge is 2.14. The molecule has 1 aromatic carbocycles. The average Bonchev–Trinajstić information content (AvgIpc) is 2.91. The molecule has 1 N–H and O–H groups in total. The lowest BCUT2D eigenvalue weighted by Gasteiger charge is -2.19. The average molecular weight is 296 g/mol. The molecule has 3 aromatic rings. The van der Waals surface area contributed by atoms with Crippen LogP contribution in [0, 0.1) is 0 Å². The van der Waals surface area contributed by atoms with Gasteiger partial charge in [0.15, 0.2) is 5.65 Å². The minimum atomic E-state index is 0.722. The Kier molecular flexibility index (Phi) is 3.91. The molecule has 0 saturated carbocycles. The van der Waals surface area contributed by atoms with Gasteiger partial charge in [-0.05, 0) is 26.0 Å². The van der Waals surface area contributed by atoms with E-state index in [1.807, 2.05) is 37.4 Å². The van der Waals surface area contributed by atoms with Gasteiger partial charge in [0.1, 0.15) is 5.82 Å². The van der Waals surface area contributed by atoms with Gasteiger partial charge in [0.25, 0.3) is 0 Å². The molecule has 114 valence electrons. The standard InChI is InChI=1S/C16H20N6/c1-4-22(5-2)16-19-14(18-12-9-7-6-8-10-12)13-11-17-21(3)15(13)20-16/h6-11H,4-5H2,1-3H3,(H,18,19,20). The van der Waals surface area contributed by atoms with E-state index >= 15 is 0 Å². The zero-order valence-corrected chi connectivity index (χ0v) is 13.1. The summed E-state index contributed by atoms with van der Waals surface area (Å²) in [5, 5.41) is 8.60. The van der Waals surface area contributed by atoms with Crippen LogP contribution in [0.2, 0.25) is 0 Å². The van der Waals surface area contributed by atoms with Gasteiger partial charge in [-0.15, -0.1) is 0 Å². The van der Waals surface area contributed by atoms with Crippen molar-refractivity contribution in [3.8, 4) is 0 Å². The molecule has 0 saturated heterocycles. The number of hydrogen-bond donors (Lipinski definition) is 1. The summed E-state index contributed by atoms with van der Waals surface area (Å²) in [6.07, 6.45) is 1.80. The molecule has 3 rings (SSSR count). The van der Waals surface area contributed by atoms with Crippen molar-refractivity contribution in [2.24, 2.45) is 7.05 Å². The van der Waals surface area contributed by atoms with Gasteiger partial charge in [0, 0.05) is 25.8 Å². The van der Waals surface area contributed by atoms with Gasteiger partial charge < -0.3 is 10.2 Å². The quantitative estimate of drug-likeness (QED) is 0.784. The molecule has 0 bridgehead atoms. The summed E-state index contributed by atoms with van der Waals surface area (Å²) in [4.78, 5) is 11.5. The Balaban J connectivity index is 2.10. The molecule has 2 aromatic heterocycles. The van der Waals surface area contributed by atoms with Crippen molar-refractivity contribution < 1.29 is 0 Å². The van der Waals surface area contributed by atoms with Crippen LogP contribution in [0.15, 0.2) is 36.5 Å². The molecule has 0 unspecified atom stereocenters. The summed E-state index contributed by atoms with van der Waals surface area (Å²) in [5.41, 5.74) is 1.83. The topological polar surface area (TPSA) is 58.9 Å². The van der Waals surface area contributed by atoms with Crippen molar-refractivity contribution in [3.05, 3.63) is 36.5 Å². The zero-order valence-electron chi connectivity index (χ0n) is 13.1. The monoisotopic (exact) mass is 296 g/mol. The molecule has 6 nitrogen and oxygen atoms in total. The van der Waals surface area contributed by atoms with Crippen molar-refractivity contribution in [2.75, 3.05) is 23.3 Å². The molecule has 0 fully saturated rings. The summed E-state index contributed by atoms with van der Waals surface area (Å²) in [6.45, 7) is 5.93. The molecule has 0 amide bonds. The van der Waals surface area contributed by atoms with Gasteiger partial charge >= 0.3 is 0 Å². The van der Waals surface area contributed by atoms with E-state index in [0.29, 0.717) is 0 Å². The van der Waals surface area contributed by atoms with E-state index in [1.54, 1.807) is 10.9 Å². The lowest BCUT2D eigenvalue weighted by atomic mass is 10.3. The molecule has 0 aliphatic rings. The molecule has 0 spiro atoms. The van der Waals surface area contributed by atoms with Crippen molar-refractivity contribution >= 4 is 28.5 Å². The number of rotatable bonds is 5. The normalized spacial score (nSPS) is 10.9. The first-order chi connectivity index (χ1) is 10.7. The van der Waals surface area contributed by atoms with Gasteiger partial charge in [0.05, 0.1) is 11.6 Å². The molecular weight excluding hydrogens is 276 g/mol. The van der Waals surface area contributed by atoms with Crippen LogP contribution in [0.25, 0.3) is 11.0 Å². The fraction of sp³-hybridized carbons (Fsp3) is 0.312. The number of aromatic nitrogens is 4. The molecule has 6 heteroatoms. The maximum atomic E-state index is 4.70. The summed E-state index contributed by atoms with van der Waals surface area (Å²) in [7, 11) is 1.90. The first kappa shape index (κ1) is 14.3. The molecule has 0 radical (unpaired) electrons. The highest BCUT2D eigenvalue weighted by molar-refractivity contribution is 5.89. The third-order valence-electron chi connectivity index (χ3n) is 3.66. The van der Waals surface area contributed by atoms with E-state index in [0.717, 1.165) is 41.6 Å². The smallest absolute Gasteiger partial charge is 0.229 e. The Morgan fingerprint density at radius 1 is 1.09 bits per heavy atom. The number of hydrogen-bond acceptors (Lipinski definition) is 5. The van der Waals surface area contributed by atoms with E-state index in [1.165, 1.54) is 0 Å². The minimum Gasteiger partial charge on any atom is -0.341 e. The van der Waals surface area contributed by atoms with Crippen LogP contribution in [0.3, 0.4) is 0 Å². The van der Waals surface area contributed by atoms with Crippen LogP contribution in [-0.2, 0) is 7.05 Å². The Hall–Kier alpha value is -2.63. The van der Waals surface area contributed by atoms with Crippen molar-refractivity contribution in [1.82, 2.24) is 19.7 Å². The summed E-state index contributed by atoms with van der Waals surface area (Å²) < 4.78 is 1.78. The summed E-state index contributed by atoms with van der Waals surface area (Å²) in [6, 6.07) is 10.0. The number of nitrogens with zero attached hydrogens (tertiary/aromatic N) is 5. The molecule has 0 atom stereocenters. The van der Waals surface area contributed by atoms with E-state index in [9.17, 15) is 0 Å². The van der Waals surface area contributed by atoms with Crippen molar-refractivity contribution in [3.63, 3.8) is 0 Å². The molecule has 0 aliphatic heterocycles. The zero-order chi connectivity index (χ0) is 15.5. The number of para-hydroxylation sites is 1. The molecule has 2 heterocycles. The Bertz CT molecular complexity index is 761. The Morgan fingerprint density at radius 2 is 1.82 bits per heavy atom. The van der Waals surface area contributed by atoms with Crippen LogP contribution in [-0.4, -0.2) is 32.8 Å². The van der Waals surface area contributed by atoms with E-state index in [4.69, 9.17) is 4.98 Å². The van der Waals surface area contributed by atoms with Crippen LogP contribution < -0.4 is 10.2 Å². The van der Waals surface area contributed by atoms with Crippen molar-refractivity contribution in [2.45, 2.75) is 13.8 Å². The molecule has 0 aliphatic carbocycles. The third-order valence-corrected chi connectivity index (χ3v) is 3.66. The second-order valence-corrected chi connectivity index (χ2v) is 5.04. The van der Waals surface area contributed by atoms with Crippen LogP contribution in [0.5, 0.6) is 0 Å². The van der Waals surface area contributed by atoms with Gasteiger partial charge in [-0.3, -0.25) is 4.68 Å². The Labute approximate surface area is 129 Å². The van der Waals surface area contributed by atoms with Crippen molar-refractivity contribution in [1.29, 1.82) is 0 Å². The number of fused-ring (bicyclic) bond motifs is 1. The van der Waals surface area contributed by atoms with Crippen LogP contribution in [0.1, 0.15) is 13.8 Å². The predicted molar refractivity (Wildman–Crippen MR) is 89.6 cm³/mol. The van der Waals surface area contributed by atoms with Gasteiger partial charge in [-0.1, -0.05) is 18.2 Å². The van der Waals surface area contributed by atoms with Gasteiger partial charge in [0.2, 0.25) is 5.95 Å². The third kappa shape index (κ3) is 2.59. The Morgan fingerprint density at radius 3 is 2.50 bits per heavy atom. The van der Waals surface area contributed by atoms with E-state index in [2.05, 4.69) is 34.1 Å². The second kappa shape index (κ2) is 6.01. The maximum Gasteiger partial charge on any atom is 0.229 e. The summed E-state index contributed by atoms with van der Waals surface area (Å²) >= 11 is 0. The largest absolute Gasteiger partial charge is 0.341 e. The first-order valence-corrected chi connectivity index (χ1v) is 7.49. The maximum absolute atomic E-state index is 4.70. The fourth-order valence-electron chi connectivity index (χ4n) is 2.41. The van der Waals surface area contributed by atoms with Crippen LogP contribution >= 0.6 is 0 Å². The second-order valence-electron chi connectivity index (χ2n) is 5.04. The number of anilines is 3. The molecular formula is C16H20N6.